The molecule has 2 heterocycles. The molecule has 0 amide bonds. The second-order valence-electron chi connectivity index (χ2n) is 6.72. The molecule has 1 unspecified atom stereocenters. The number of rotatable bonds is 6. The number of thioether (sulfide) groups is 1. The maximum Gasteiger partial charge on any atom is 0.314 e. The number of aromatic nitrogens is 1. The van der Waals surface area contributed by atoms with Crippen molar-refractivity contribution in [2.45, 2.75) is 37.6 Å². The summed E-state index contributed by atoms with van der Waals surface area (Å²) in [7, 11) is 1.40. The summed E-state index contributed by atoms with van der Waals surface area (Å²) in [5.41, 5.74) is 2.21. The molecule has 25 heavy (non-hydrogen) atoms. The summed E-state index contributed by atoms with van der Waals surface area (Å²) in [6, 6.07) is 11.5. The van der Waals surface area contributed by atoms with Gasteiger partial charge >= 0.3 is 5.97 Å². The normalized spacial score (nSPS) is 16.1. The zero-order valence-electron chi connectivity index (χ0n) is 14.8. The Morgan fingerprint density at radius 1 is 1.28 bits per heavy atom. The second kappa shape index (κ2) is 7.48. The van der Waals surface area contributed by atoms with Crippen molar-refractivity contribution < 1.29 is 14.3 Å². The van der Waals surface area contributed by atoms with Crippen molar-refractivity contribution >= 4 is 23.5 Å². The minimum absolute atomic E-state index is 0.00348. The van der Waals surface area contributed by atoms with Gasteiger partial charge in [-0.05, 0) is 36.6 Å². The van der Waals surface area contributed by atoms with Gasteiger partial charge in [-0.2, -0.15) is 0 Å². The average Bonchev–Trinajstić information content (AvgIpc) is 3.20. The lowest BCUT2D eigenvalue weighted by Crippen LogP contribution is -2.11. The van der Waals surface area contributed by atoms with E-state index in [1.54, 1.807) is 11.8 Å². The molecule has 1 aromatic carbocycles. The molecule has 0 spiro atoms. The first-order valence-electron chi connectivity index (χ1n) is 8.56. The van der Waals surface area contributed by atoms with Crippen molar-refractivity contribution in [2.24, 2.45) is 5.92 Å². The van der Waals surface area contributed by atoms with Gasteiger partial charge in [-0.25, -0.2) is 0 Å². The second-order valence-corrected chi connectivity index (χ2v) is 7.81. The van der Waals surface area contributed by atoms with Crippen LogP contribution in [0.25, 0.3) is 0 Å². The fraction of sp³-hybridized carbons (Fsp3) is 0.400. The van der Waals surface area contributed by atoms with Crippen LogP contribution in [-0.2, 0) is 16.1 Å². The van der Waals surface area contributed by atoms with E-state index in [1.807, 2.05) is 41.0 Å². The van der Waals surface area contributed by atoms with E-state index in [0.717, 1.165) is 16.3 Å². The number of carbonyl (C=O) groups is 2. The van der Waals surface area contributed by atoms with Crippen molar-refractivity contribution in [3.63, 3.8) is 0 Å². The van der Waals surface area contributed by atoms with Gasteiger partial charge in [-0.1, -0.05) is 26.0 Å². The van der Waals surface area contributed by atoms with Crippen LogP contribution >= 0.6 is 11.8 Å². The van der Waals surface area contributed by atoms with Crippen LogP contribution in [0, 0.1) is 5.92 Å². The van der Waals surface area contributed by atoms with E-state index in [1.165, 1.54) is 7.11 Å². The van der Waals surface area contributed by atoms with Crippen LogP contribution in [0.1, 0.15) is 47.9 Å². The number of fused-ring (bicyclic) bond motifs is 1. The Morgan fingerprint density at radius 2 is 2.08 bits per heavy atom. The fourth-order valence-corrected chi connectivity index (χ4v) is 4.07. The topological polar surface area (TPSA) is 48.3 Å². The van der Waals surface area contributed by atoms with Crippen LogP contribution in [0.15, 0.2) is 41.3 Å². The average molecular weight is 357 g/mol. The predicted molar refractivity (Wildman–Crippen MR) is 99.2 cm³/mol. The third-order valence-corrected chi connectivity index (χ3v) is 5.83. The number of carbonyl (C=O) groups excluding carboxylic acids is 2. The number of esters is 1. The molecule has 0 bridgehead atoms. The lowest BCUT2D eigenvalue weighted by Gasteiger charge is -2.08. The van der Waals surface area contributed by atoms with Gasteiger partial charge in [-0.15, -0.1) is 11.8 Å². The molecule has 0 N–H and O–H groups in total. The number of hydrogen-bond acceptors (Lipinski definition) is 4. The smallest absolute Gasteiger partial charge is 0.314 e. The monoisotopic (exact) mass is 357 g/mol. The largest absolute Gasteiger partial charge is 0.469 e. The zero-order valence-corrected chi connectivity index (χ0v) is 15.6. The Balaban J connectivity index is 1.83. The maximum atomic E-state index is 13.0. The van der Waals surface area contributed by atoms with Crippen LogP contribution in [0.5, 0.6) is 0 Å². The van der Waals surface area contributed by atoms with E-state index >= 15 is 0 Å². The van der Waals surface area contributed by atoms with Gasteiger partial charge in [-0.3, -0.25) is 9.59 Å². The maximum absolute atomic E-state index is 13.0. The minimum atomic E-state index is -0.264. The molecule has 1 aliphatic heterocycles. The summed E-state index contributed by atoms with van der Waals surface area (Å²) in [6.45, 7) is 5.04. The SMILES string of the molecule is COC(=O)C1CCn2c(C(=O)c3cccc(SCC(C)C)c3)ccc21. The zero-order chi connectivity index (χ0) is 18.0. The summed E-state index contributed by atoms with van der Waals surface area (Å²) in [5, 5.41) is 0. The first-order chi connectivity index (χ1) is 12.0. The molecule has 4 nitrogen and oxygen atoms in total. The molecule has 1 atom stereocenters. The highest BCUT2D eigenvalue weighted by Gasteiger charge is 2.32. The van der Waals surface area contributed by atoms with Crippen molar-refractivity contribution in [2.75, 3.05) is 12.9 Å². The molecule has 1 aromatic heterocycles. The summed E-state index contributed by atoms with van der Waals surface area (Å²) in [5.74, 6) is 1.14. The van der Waals surface area contributed by atoms with E-state index in [-0.39, 0.29) is 17.7 Å². The molecular weight excluding hydrogens is 334 g/mol. The van der Waals surface area contributed by atoms with Crippen LogP contribution in [0.4, 0.5) is 0 Å². The summed E-state index contributed by atoms with van der Waals surface area (Å²) in [4.78, 5) is 25.9. The lowest BCUT2D eigenvalue weighted by atomic mass is 10.1. The molecule has 0 aliphatic carbocycles. The molecule has 0 radical (unpaired) electrons. The number of methoxy groups -OCH3 is 1. The van der Waals surface area contributed by atoms with Gasteiger partial charge in [0, 0.05) is 28.5 Å². The quantitative estimate of drug-likeness (QED) is 0.443. The molecule has 5 heteroatoms. The van der Waals surface area contributed by atoms with Crippen LogP contribution in [-0.4, -0.2) is 29.2 Å². The number of benzene rings is 1. The predicted octanol–water partition coefficient (Wildman–Crippen LogP) is 4.13. The third-order valence-electron chi connectivity index (χ3n) is 4.41. The molecule has 132 valence electrons. The number of ketones is 1. The van der Waals surface area contributed by atoms with Crippen molar-refractivity contribution in [3.05, 3.63) is 53.3 Å². The lowest BCUT2D eigenvalue weighted by molar-refractivity contribution is -0.142. The highest BCUT2D eigenvalue weighted by atomic mass is 32.2. The molecule has 1 aliphatic rings. The summed E-state index contributed by atoms with van der Waals surface area (Å²) < 4.78 is 6.82. The van der Waals surface area contributed by atoms with E-state index in [4.69, 9.17) is 4.74 Å². The summed E-state index contributed by atoms with van der Waals surface area (Å²) >= 11 is 1.77. The Labute approximate surface area is 152 Å². The van der Waals surface area contributed by atoms with E-state index in [2.05, 4.69) is 13.8 Å². The first kappa shape index (κ1) is 17.8. The molecule has 0 saturated heterocycles. The molecule has 0 saturated carbocycles. The van der Waals surface area contributed by atoms with E-state index in [0.29, 0.717) is 30.1 Å². The van der Waals surface area contributed by atoms with Crippen molar-refractivity contribution in [3.8, 4) is 0 Å². The number of nitrogens with zero attached hydrogens (tertiary/aromatic N) is 1. The van der Waals surface area contributed by atoms with Gasteiger partial charge in [0.1, 0.15) is 0 Å². The number of ether oxygens (including phenoxy) is 1. The third kappa shape index (κ3) is 3.66. The summed E-state index contributed by atoms with van der Waals surface area (Å²) in [6.07, 6.45) is 0.688. The van der Waals surface area contributed by atoms with Crippen LogP contribution < -0.4 is 0 Å². The highest BCUT2D eigenvalue weighted by Crippen LogP contribution is 2.32. The Bertz CT molecular complexity index is 794. The molecular formula is C20H23NO3S. The molecule has 0 fully saturated rings. The van der Waals surface area contributed by atoms with Gasteiger partial charge in [0.25, 0.3) is 0 Å². The Hall–Kier alpha value is -2.01. The molecule has 3 rings (SSSR count). The van der Waals surface area contributed by atoms with Crippen LogP contribution in [0.2, 0.25) is 0 Å². The standard InChI is InChI=1S/C20H23NO3S/c1-13(2)12-25-15-6-4-5-14(11-15)19(22)18-8-7-17-16(20(23)24-3)9-10-21(17)18/h4-8,11,13,16H,9-10,12H2,1-3H3. The van der Waals surface area contributed by atoms with E-state index < -0.39 is 0 Å². The minimum Gasteiger partial charge on any atom is -0.469 e. The number of hydrogen-bond donors (Lipinski definition) is 0. The van der Waals surface area contributed by atoms with Gasteiger partial charge in [0.15, 0.2) is 0 Å². The Morgan fingerprint density at radius 3 is 2.80 bits per heavy atom. The first-order valence-corrected chi connectivity index (χ1v) is 9.54. The van der Waals surface area contributed by atoms with Gasteiger partial charge < -0.3 is 9.30 Å². The fourth-order valence-electron chi connectivity index (χ4n) is 3.16. The van der Waals surface area contributed by atoms with Crippen molar-refractivity contribution in [1.29, 1.82) is 0 Å². The highest BCUT2D eigenvalue weighted by molar-refractivity contribution is 7.99. The Kier molecular flexibility index (Phi) is 5.33. The van der Waals surface area contributed by atoms with Crippen molar-refractivity contribution in [1.82, 2.24) is 4.57 Å². The van der Waals surface area contributed by atoms with E-state index in [9.17, 15) is 9.59 Å². The van der Waals surface area contributed by atoms with Gasteiger partial charge in [0.2, 0.25) is 5.78 Å². The molecule has 2 aromatic rings. The van der Waals surface area contributed by atoms with Gasteiger partial charge in [0.05, 0.1) is 18.7 Å². The van der Waals surface area contributed by atoms with Crippen LogP contribution in [0.3, 0.4) is 0 Å².